The lowest BCUT2D eigenvalue weighted by molar-refractivity contribution is 0.0978. The van der Waals surface area contributed by atoms with Crippen molar-refractivity contribution in [3.8, 4) is 5.75 Å². The Bertz CT molecular complexity index is 932. The number of fused-ring (bicyclic) bond motifs is 2. The van der Waals surface area contributed by atoms with E-state index in [1.165, 1.54) is 5.56 Å². The normalized spacial score (nSPS) is 16.2. The molecule has 0 bridgehead atoms. The Hall–Kier alpha value is -2.81. The molecule has 3 aromatic carbocycles. The predicted molar refractivity (Wildman–Crippen MR) is 96.9 cm³/mol. The van der Waals surface area contributed by atoms with E-state index in [9.17, 15) is 4.79 Å². The molecule has 0 saturated carbocycles. The van der Waals surface area contributed by atoms with Gasteiger partial charge in [0, 0.05) is 11.7 Å². The maximum absolute atomic E-state index is 13.3. The topological polar surface area (TPSA) is 29.5 Å². The van der Waals surface area contributed by atoms with Crippen molar-refractivity contribution in [2.24, 2.45) is 0 Å². The van der Waals surface area contributed by atoms with E-state index in [0.717, 1.165) is 22.9 Å². The number of carbonyl (C=O) groups is 1. The van der Waals surface area contributed by atoms with Gasteiger partial charge in [0.15, 0.2) is 0 Å². The van der Waals surface area contributed by atoms with Gasteiger partial charge < -0.3 is 9.64 Å². The number of methoxy groups -OCH3 is 1. The maximum atomic E-state index is 13.3. The SMILES string of the molecule is COc1cc2ccccc2cc1C(=O)N1c2ccccc2C[C@@H]1C. The van der Waals surface area contributed by atoms with Gasteiger partial charge in [-0.1, -0.05) is 42.5 Å². The Morgan fingerprint density at radius 3 is 2.46 bits per heavy atom. The van der Waals surface area contributed by atoms with E-state index in [0.29, 0.717) is 11.3 Å². The van der Waals surface area contributed by atoms with Crippen molar-refractivity contribution in [1.82, 2.24) is 0 Å². The first-order valence-electron chi connectivity index (χ1n) is 8.17. The zero-order valence-corrected chi connectivity index (χ0v) is 13.8. The highest BCUT2D eigenvalue weighted by Crippen LogP contribution is 2.35. The smallest absolute Gasteiger partial charge is 0.262 e. The van der Waals surface area contributed by atoms with Crippen molar-refractivity contribution >= 4 is 22.4 Å². The van der Waals surface area contributed by atoms with Gasteiger partial charge in [0.05, 0.1) is 12.7 Å². The molecule has 3 nitrogen and oxygen atoms in total. The van der Waals surface area contributed by atoms with Crippen molar-refractivity contribution in [3.63, 3.8) is 0 Å². The largest absolute Gasteiger partial charge is 0.496 e. The van der Waals surface area contributed by atoms with Gasteiger partial charge in [-0.15, -0.1) is 0 Å². The second kappa shape index (κ2) is 5.68. The molecule has 1 amide bonds. The Morgan fingerprint density at radius 2 is 1.71 bits per heavy atom. The number of nitrogens with zero attached hydrogens (tertiary/aromatic N) is 1. The summed E-state index contributed by atoms with van der Waals surface area (Å²) in [7, 11) is 1.61. The number of ether oxygens (including phenoxy) is 1. The highest BCUT2D eigenvalue weighted by Gasteiger charge is 2.32. The van der Waals surface area contributed by atoms with Crippen LogP contribution in [0.3, 0.4) is 0 Å². The van der Waals surface area contributed by atoms with E-state index in [1.807, 2.05) is 59.5 Å². The zero-order chi connectivity index (χ0) is 16.7. The summed E-state index contributed by atoms with van der Waals surface area (Å²) in [5.41, 5.74) is 2.84. The summed E-state index contributed by atoms with van der Waals surface area (Å²) in [6.07, 6.45) is 0.887. The van der Waals surface area contributed by atoms with Crippen molar-refractivity contribution in [1.29, 1.82) is 0 Å². The number of carbonyl (C=O) groups excluding carboxylic acids is 1. The predicted octanol–water partition coefficient (Wildman–Crippen LogP) is 4.44. The van der Waals surface area contributed by atoms with Gasteiger partial charge in [0.1, 0.15) is 5.75 Å². The minimum Gasteiger partial charge on any atom is -0.496 e. The summed E-state index contributed by atoms with van der Waals surface area (Å²) < 4.78 is 5.51. The van der Waals surface area contributed by atoms with Crippen LogP contribution in [0.2, 0.25) is 0 Å². The Kier molecular flexibility index (Phi) is 3.49. The molecule has 120 valence electrons. The lowest BCUT2D eigenvalue weighted by atomic mass is 10.0. The molecule has 1 atom stereocenters. The summed E-state index contributed by atoms with van der Waals surface area (Å²) >= 11 is 0. The van der Waals surface area contributed by atoms with E-state index in [4.69, 9.17) is 4.74 Å². The van der Waals surface area contributed by atoms with Crippen LogP contribution >= 0.6 is 0 Å². The van der Waals surface area contributed by atoms with Gasteiger partial charge in [-0.2, -0.15) is 0 Å². The molecule has 0 aromatic heterocycles. The molecule has 1 heterocycles. The molecule has 0 saturated heterocycles. The molecule has 1 aliphatic heterocycles. The number of para-hydroxylation sites is 1. The first kappa shape index (κ1) is 14.8. The minimum atomic E-state index is -0.00458. The van der Waals surface area contributed by atoms with Crippen molar-refractivity contribution < 1.29 is 9.53 Å². The molecule has 24 heavy (non-hydrogen) atoms. The van der Waals surface area contributed by atoms with Crippen LogP contribution in [-0.2, 0) is 6.42 Å². The van der Waals surface area contributed by atoms with Gasteiger partial charge in [0.2, 0.25) is 0 Å². The lowest BCUT2D eigenvalue weighted by Crippen LogP contribution is -2.35. The molecule has 4 rings (SSSR count). The fourth-order valence-corrected chi connectivity index (χ4v) is 3.56. The summed E-state index contributed by atoms with van der Waals surface area (Å²) in [5.74, 6) is 0.616. The summed E-state index contributed by atoms with van der Waals surface area (Å²) in [4.78, 5) is 15.2. The molecule has 0 unspecified atom stereocenters. The Balaban J connectivity index is 1.84. The summed E-state index contributed by atoms with van der Waals surface area (Å²) in [6, 6.07) is 20.2. The second-order valence-corrected chi connectivity index (χ2v) is 6.26. The third-order valence-corrected chi connectivity index (χ3v) is 4.72. The summed E-state index contributed by atoms with van der Waals surface area (Å²) in [6.45, 7) is 2.09. The molecule has 3 heteroatoms. The minimum absolute atomic E-state index is 0.00458. The number of benzene rings is 3. The van der Waals surface area contributed by atoms with E-state index >= 15 is 0 Å². The third kappa shape index (κ3) is 2.24. The Labute approximate surface area is 141 Å². The van der Waals surface area contributed by atoms with Gasteiger partial charge in [-0.25, -0.2) is 0 Å². The molecule has 0 fully saturated rings. The Morgan fingerprint density at radius 1 is 1.04 bits per heavy atom. The van der Waals surface area contributed by atoms with Crippen LogP contribution < -0.4 is 9.64 Å². The van der Waals surface area contributed by atoms with E-state index in [2.05, 4.69) is 13.0 Å². The number of hydrogen-bond acceptors (Lipinski definition) is 2. The molecule has 3 aromatic rings. The number of rotatable bonds is 2. The molecular weight excluding hydrogens is 298 g/mol. The fraction of sp³-hybridized carbons (Fsp3) is 0.190. The quantitative estimate of drug-likeness (QED) is 0.699. The van der Waals surface area contributed by atoms with Crippen LogP contribution in [0.4, 0.5) is 5.69 Å². The molecule has 1 aliphatic rings. The van der Waals surface area contributed by atoms with Crippen LogP contribution in [0.25, 0.3) is 10.8 Å². The second-order valence-electron chi connectivity index (χ2n) is 6.26. The number of hydrogen-bond donors (Lipinski definition) is 0. The van der Waals surface area contributed by atoms with E-state index in [-0.39, 0.29) is 11.9 Å². The van der Waals surface area contributed by atoms with Crippen molar-refractivity contribution in [2.75, 3.05) is 12.0 Å². The van der Waals surface area contributed by atoms with Crippen molar-refractivity contribution in [3.05, 3.63) is 71.8 Å². The van der Waals surface area contributed by atoms with Crippen LogP contribution in [0.1, 0.15) is 22.8 Å². The van der Waals surface area contributed by atoms with E-state index < -0.39 is 0 Å². The van der Waals surface area contributed by atoms with Crippen molar-refractivity contribution in [2.45, 2.75) is 19.4 Å². The average molecular weight is 317 g/mol. The lowest BCUT2D eigenvalue weighted by Gasteiger charge is -2.24. The number of amides is 1. The summed E-state index contributed by atoms with van der Waals surface area (Å²) in [5, 5.41) is 2.11. The molecule has 0 spiro atoms. The maximum Gasteiger partial charge on any atom is 0.262 e. The zero-order valence-electron chi connectivity index (χ0n) is 13.8. The van der Waals surface area contributed by atoms with Gasteiger partial charge in [0.25, 0.3) is 5.91 Å². The van der Waals surface area contributed by atoms with Crippen LogP contribution in [-0.4, -0.2) is 19.1 Å². The first-order chi connectivity index (χ1) is 11.7. The highest BCUT2D eigenvalue weighted by molar-refractivity contribution is 6.11. The standard InChI is InChI=1S/C21H19NO2/c1-14-11-17-9-5-6-10-19(17)22(14)21(23)18-12-15-7-3-4-8-16(15)13-20(18)24-2/h3-10,12-14H,11H2,1-2H3/t14-/m0/s1. The third-order valence-electron chi connectivity index (χ3n) is 4.72. The molecule has 0 radical (unpaired) electrons. The van der Waals surface area contributed by atoms with Crippen LogP contribution in [0.5, 0.6) is 5.75 Å². The fourth-order valence-electron chi connectivity index (χ4n) is 3.56. The average Bonchev–Trinajstić information content (AvgIpc) is 2.95. The first-order valence-corrected chi connectivity index (χ1v) is 8.17. The van der Waals surface area contributed by atoms with Gasteiger partial charge >= 0.3 is 0 Å². The monoisotopic (exact) mass is 317 g/mol. The molecule has 0 aliphatic carbocycles. The highest BCUT2D eigenvalue weighted by atomic mass is 16.5. The van der Waals surface area contributed by atoms with E-state index in [1.54, 1.807) is 7.11 Å². The molecular formula is C21H19NO2. The van der Waals surface area contributed by atoms with Crippen LogP contribution in [0, 0.1) is 0 Å². The van der Waals surface area contributed by atoms with Gasteiger partial charge in [-0.3, -0.25) is 4.79 Å². The van der Waals surface area contributed by atoms with Crippen LogP contribution in [0.15, 0.2) is 60.7 Å². The number of anilines is 1. The molecule has 0 N–H and O–H groups in total. The van der Waals surface area contributed by atoms with Gasteiger partial charge in [-0.05, 0) is 47.9 Å².